The molecule has 2 amide bonds. The molecule has 1 aromatic rings. The van der Waals surface area contributed by atoms with E-state index in [0.29, 0.717) is 24.6 Å². The zero-order valence-electron chi connectivity index (χ0n) is 11.2. The molecule has 6 nitrogen and oxygen atoms in total. The molecule has 0 bridgehead atoms. The van der Waals surface area contributed by atoms with Crippen LogP contribution in [0, 0.1) is 0 Å². The van der Waals surface area contributed by atoms with E-state index in [1.54, 1.807) is 6.07 Å². The number of carbonyl (C=O) groups is 2. The summed E-state index contributed by atoms with van der Waals surface area (Å²) < 4.78 is 5.26. The van der Waals surface area contributed by atoms with E-state index in [1.807, 2.05) is 4.90 Å². The smallest absolute Gasteiger partial charge is 0.276 e. The van der Waals surface area contributed by atoms with Crippen LogP contribution >= 0.6 is 0 Å². The summed E-state index contributed by atoms with van der Waals surface area (Å²) in [5.74, 6) is 1.33. The number of piperidine rings is 1. The lowest BCUT2D eigenvalue weighted by atomic mass is 9.99. The zero-order chi connectivity index (χ0) is 13.7. The minimum absolute atomic E-state index is 0.0655. The molecule has 2 saturated heterocycles. The predicted octanol–water partition coefficient (Wildman–Crippen LogP) is 1.05. The van der Waals surface area contributed by atoms with E-state index < -0.39 is 0 Å². The van der Waals surface area contributed by atoms with Gasteiger partial charge >= 0.3 is 0 Å². The van der Waals surface area contributed by atoms with Gasteiger partial charge in [-0.25, -0.2) is 0 Å². The molecule has 1 N–H and O–H groups in total. The van der Waals surface area contributed by atoms with Crippen LogP contribution in [0.3, 0.4) is 0 Å². The number of hydrogen-bond donors (Lipinski definition) is 1. The molecule has 1 aliphatic carbocycles. The molecule has 3 aliphatic rings. The van der Waals surface area contributed by atoms with Crippen molar-refractivity contribution in [3.8, 4) is 0 Å². The van der Waals surface area contributed by atoms with Gasteiger partial charge < -0.3 is 14.7 Å². The van der Waals surface area contributed by atoms with Gasteiger partial charge in [-0.3, -0.25) is 9.59 Å². The fourth-order valence-corrected chi connectivity index (χ4v) is 3.29. The number of carbonyl (C=O) groups excluding carboxylic acids is 2. The van der Waals surface area contributed by atoms with Crippen molar-refractivity contribution < 1.29 is 14.1 Å². The van der Waals surface area contributed by atoms with Crippen LogP contribution in [-0.2, 0) is 4.79 Å². The summed E-state index contributed by atoms with van der Waals surface area (Å²) in [6.45, 7) is 0.681. The van der Waals surface area contributed by atoms with Crippen LogP contribution in [0.1, 0.15) is 54.3 Å². The molecule has 1 aromatic heterocycles. The Morgan fingerprint density at radius 3 is 3.00 bits per heavy atom. The molecule has 6 heteroatoms. The Morgan fingerprint density at radius 2 is 2.20 bits per heavy atom. The molecule has 106 valence electrons. The molecule has 2 aliphatic heterocycles. The van der Waals surface area contributed by atoms with E-state index in [-0.39, 0.29) is 23.9 Å². The second-order valence-electron chi connectivity index (χ2n) is 5.96. The highest BCUT2D eigenvalue weighted by Gasteiger charge is 2.41. The fourth-order valence-electron chi connectivity index (χ4n) is 3.29. The first-order valence-electron chi connectivity index (χ1n) is 7.29. The van der Waals surface area contributed by atoms with Crippen LogP contribution < -0.4 is 5.32 Å². The average molecular weight is 275 g/mol. The lowest BCUT2D eigenvalue weighted by Crippen LogP contribution is -2.50. The minimum Gasteiger partial charge on any atom is -0.360 e. The first-order chi connectivity index (χ1) is 9.72. The van der Waals surface area contributed by atoms with Crippen LogP contribution in [-0.4, -0.2) is 40.5 Å². The largest absolute Gasteiger partial charge is 0.360 e. The number of nitrogens with zero attached hydrogens (tertiary/aromatic N) is 2. The third kappa shape index (κ3) is 1.90. The summed E-state index contributed by atoms with van der Waals surface area (Å²) in [5, 5.41) is 6.89. The monoisotopic (exact) mass is 275 g/mol. The summed E-state index contributed by atoms with van der Waals surface area (Å²) >= 11 is 0. The summed E-state index contributed by atoms with van der Waals surface area (Å²) in [5.41, 5.74) is 0.407. The molecule has 3 fully saturated rings. The molecular formula is C14H17N3O3. The van der Waals surface area contributed by atoms with Gasteiger partial charge in [0.25, 0.3) is 5.91 Å². The summed E-state index contributed by atoms with van der Waals surface area (Å²) in [6.07, 6.45) is 4.33. The molecule has 0 radical (unpaired) electrons. The minimum atomic E-state index is -0.0655. The van der Waals surface area contributed by atoms with Crippen molar-refractivity contribution in [1.82, 2.24) is 15.4 Å². The van der Waals surface area contributed by atoms with Gasteiger partial charge in [0.15, 0.2) is 5.69 Å². The SMILES string of the molecule is O=C1CC[C@H]2[C@H](CCN2C(=O)c2cc(C3CC3)on2)N1. The number of aromatic nitrogens is 1. The van der Waals surface area contributed by atoms with E-state index in [2.05, 4.69) is 10.5 Å². The van der Waals surface area contributed by atoms with Crippen molar-refractivity contribution in [3.63, 3.8) is 0 Å². The topological polar surface area (TPSA) is 75.4 Å². The normalized spacial score (nSPS) is 29.2. The highest BCUT2D eigenvalue weighted by atomic mass is 16.5. The van der Waals surface area contributed by atoms with Crippen LogP contribution in [0.15, 0.2) is 10.6 Å². The van der Waals surface area contributed by atoms with Gasteiger partial charge in [-0.05, 0) is 25.7 Å². The molecule has 0 aromatic carbocycles. The number of amides is 2. The molecule has 0 spiro atoms. The van der Waals surface area contributed by atoms with Gasteiger partial charge in [0.1, 0.15) is 5.76 Å². The van der Waals surface area contributed by atoms with Gasteiger partial charge in [0, 0.05) is 24.9 Å². The van der Waals surface area contributed by atoms with Crippen LogP contribution in [0.2, 0.25) is 0 Å². The third-order valence-corrected chi connectivity index (χ3v) is 4.55. The molecule has 20 heavy (non-hydrogen) atoms. The number of fused-ring (bicyclic) bond motifs is 1. The molecule has 1 saturated carbocycles. The summed E-state index contributed by atoms with van der Waals surface area (Å²) in [4.78, 5) is 25.8. The molecule has 2 atom stereocenters. The van der Waals surface area contributed by atoms with Crippen molar-refractivity contribution >= 4 is 11.8 Å². The highest BCUT2D eigenvalue weighted by molar-refractivity contribution is 5.93. The lowest BCUT2D eigenvalue weighted by molar-refractivity contribution is -0.123. The van der Waals surface area contributed by atoms with E-state index >= 15 is 0 Å². The van der Waals surface area contributed by atoms with Crippen molar-refractivity contribution in [3.05, 3.63) is 17.5 Å². The van der Waals surface area contributed by atoms with E-state index in [4.69, 9.17) is 4.52 Å². The van der Waals surface area contributed by atoms with Crippen molar-refractivity contribution in [2.45, 2.75) is 50.1 Å². The number of nitrogens with one attached hydrogen (secondary N) is 1. The Bertz CT molecular complexity index is 564. The standard InChI is InChI=1S/C14H17N3O3/c18-13-4-3-11-9(15-13)5-6-17(11)14(19)10-7-12(20-16-10)8-1-2-8/h7-9,11H,1-6H2,(H,15,18)/t9-,11-/m0/s1. The van der Waals surface area contributed by atoms with Gasteiger partial charge in [-0.1, -0.05) is 5.16 Å². The van der Waals surface area contributed by atoms with E-state index in [1.165, 1.54) is 0 Å². The third-order valence-electron chi connectivity index (χ3n) is 4.55. The number of rotatable bonds is 2. The second-order valence-corrected chi connectivity index (χ2v) is 5.96. The van der Waals surface area contributed by atoms with Gasteiger partial charge in [0.05, 0.1) is 12.1 Å². The van der Waals surface area contributed by atoms with Crippen molar-refractivity contribution in [1.29, 1.82) is 0 Å². The van der Waals surface area contributed by atoms with Crippen molar-refractivity contribution in [2.75, 3.05) is 6.54 Å². The van der Waals surface area contributed by atoms with Gasteiger partial charge in [0.2, 0.25) is 5.91 Å². The molecule has 3 heterocycles. The van der Waals surface area contributed by atoms with E-state index in [0.717, 1.165) is 31.4 Å². The average Bonchev–Trinajstić information content (AvgIpc) is 3.03. The fraction of sp³-hybridized carbons (Fsp3) is 0.643. The lowest BCUT2D eigenvalue weighted by Gasteiger charge is -2.31. The van der Waals surface area contributed by atoms with E-state index in [9.17, 15) is 9.59 Å². The molecule has 0 unspecified atom stereocenters. The van der Waals surface area contributed by atoms with Gasteiger partial charge in [-0.15, -0.1) is 0 Å². The molecular weight excluding hydrogens is 258 g/mol. The van der Waals surface area contributed by atoms with Crippen molar-refractivity contribution in [2.24, 2.45) is 0 Å². The molecule has 4 rings (SSSR count). The van der Waals surface area contributed by atoms with Crippen LogP contribution in [0.5, 0.6) is 0 Å². The maximum atomic E-state index is 12.5. The van der Waals surface area contributed by atoms with Gasteiger partial charge in [-0.2, -0.15) is 0 Å². The quantitative estimate of drug-likeness (QED) is 0.875. The maximum Gasteiger partial charge on any atom is 0.276 e. The van der Waals surface area contributed by atoms with Crippen LogP contribution in [0.4, 0.5) is 0 Å². The Morgan fingerprint density at radius 1 is 1.35 bits per heavy atom. The highest BCUT2D eigenvalue weighted by Crippen LogP contribution is 2.40. The first kappa shape index (κ1) is 11.9. The Balaban J connectivity index is 1.51. The second kappa shape index (κ2) is 4.33. The predicted molar refractivity (Wildman–Crippen MR) is 69.1 cm³/mol. The Hall–Kier alpha value is -1.85. The first-order valence-corrected chi connectivity index (χ1v) is 7.29. The number of likely N-dealkylation sites (tertiary alicyclic amines) is 1. The zero-order valence-corrected chi connectivity index (χ0v) is 11.2. The number of hydrogen-bond acceptors (Lipinski definition) is 4. The Labute approximate surface area is 116 Å². The maximum absolute atomic E-state index is 12.5. The Kier molecular flexibility index (Phi) is 2.58. The van der Waals surface area contributed by atoms with Crippen LogP contribution in [0.25, 0.3) is 0 Å². The summed E-state index contributed by atoms with van der Waals surface area (Å²) in [6, 6.07) is 2.01. The summed E-state index contributed by atoms with van der Waals surface area (Å²) in [7, 11) is 0.